The lowest BCUT2D eigenvalue weighted by atomic mass is 9.99. The van der Waals surface area contributed by atoms with Crippen LogP contribution >= 0.6 is 0 Å². The fraction of sp³-hybridized carbons (Fsp3) is 0.720. The Balaban J connectivity index is 1.37. The van der Waals surface area contributed by atoms with E-state index in [0.29, 0.717) is 12.1 Å². The lowest BCUT2D eigenvalue weighted by Crippen LogP contribution is -2.49. The van der Waals surface area contributed by atoms with Gasteiger partial charge in [-0.3, -0.25) is 4.99 Å². The van der Waals surface area contributed by atoms with Crippen molar-refractivity contribution in [1.82, 2.24) is 15.5 Å². The fourth-order valence-corrected chi connectivity index (χ4v) is 4.38. The minimum atomic E-state index is 0.318. The van der Waals surface area contributed by atoms with Crippen LogP contribution < -0.4 is 15.5 Å². The fourth-order valence-electron chi connectivity index (χ4n) is 4.38. The zero-order valence-electron chi connectivity index (χ0n) is 20.1. The maximum absolute atomic E-state index is 5.68. The van der Waals surface area contributed by atoms with Crippen molar-refractivity contribution in [3.05, 3.63) is 29.8 Å². The maximum atomic E-state index is 5.68. The maximum Gasteiger partial charge on any atom is 0.191 e. The Morgan fingerprint density at radius 3 is 2.35 bits per heavy atom. The topological polar surface area (TPSA) is 52.1 Å². The van der Waals surface area contributed by atoms with E-state index in [1.165, 1.54) is 37.2 Å². The lowest BCUT2D eigenvalue weighted by Gasteiger charge is -2.33. The largest absolute Gasteiger partial charge is 0.377 e. The molecule has 0 spiro atoms. The van der Waals surface area contributed by atoms with E-state index in [2.05, 4.69) is 70.5 Å². The zero-order valence-corrected chi connectivity index (χ0v) is 20.1. The molecule has 0 aliphatic carbocycles. The van der Waals surface area contributed by atoms with Crippen molar-refractivity contribution >= 4 is 11.6 Å². The van der Waals surface area contributed by atoms with Gasteiger partial charge in [-0.2, -0.15) is 0 Å². The molecule has 2 aliphatic heterocycles. The second-order valence-electron chi connectivity index (χ2n) is 9.44. The molecule has 2 heterocycles. The van der Waals surface area contributed by atoms with Gasteiger partial charge in [-0.15, -0.1) is 0 Å². The first-order chi connectivity index (χ1) is 15.0. The van der Waals surface area contributed by atoms with Gasteiger partial charge in [0.25, 0.3) is 0 Å². The number of hydrogen-bond acceptors (Lipinski definition) is 4. The summed E-state index contributed by atoms with van der Waals surface area (Å²) in [5.74, 6) is 1.76. The molecule has 0 unspecified atom stereocenters. The number of rotatable bonds is 8. The van der Waals surface area contributed by atoms with E-state index in [-0.39, 0.29) is 0 Å². The number of guanidine groups is 1. The average molecular weight is 430 g/mol. The normalized spacial score (nSPS) is 19.8. The standard InChI is InChI=1S/C25H43N5O/c1-20(2)31-18-17-29-13-11-23(12-14-29)28-25(26-4)27-19-22-5-7-24(8-6-22)30-15-9-21(3)10-16-30/h5-8,20-21,23H,9-19H2,1-4H3,(H2,26,27,28). The number of aliphatic imine (C=N–C) groups is 1. The van der Waals surface area contributed by atoms with Gasteiger partial charge in [0.2, 0.25) is 0 Å². The molecule has 3 rings (SSSR count). The van der Waals surface area contributed by atoms with Crippen LogP contribution in [0, 0.1) is 5.92 Å². The van der Waals surface area contributed by atoms with Crippen LogP contribution in [0.1, 0.15) is 52.0 Å². The van der Waals surface area contributed by atoms with Gasteiger partial charge < -0.3 is 25.2 Å². The van der Waals surface area contributed by atoms with Crippen LogP contribution in [0.4, 0.5) is 5.69 Å². The van der Waals surface area contributed by atoms with Gasteiger partial charge >= 0.3 is 0 Å². The lowest BCUT2D eigenvalue weighted by molar-refractivity contribution is 0.0532. The predicted octanol–water partition coefficient (Wildman–Crippen LogP) is 3.48. The van der Waals surface area contributed by atoms with Crippen LogP contribution in [0.3, 0.4) is 0 Å². The molecule has 174 valence electrons. The van der Waals surface area contributed by atoms with Crippen molar-refractivity contribution in [3.8, 4) is 0 Å². The molecule has 2 aliphatic rings. The van der Waals surface area contributed by atoms with Crippen molar-refractivity contribution in [2.75, 3.05) is 51.3 Å². The Hall–Kier alpha value is -1.79. The van der Waals surface area contributed by atoms with Crippen molar-refractivity contribution < 1.29 is 4.74 Å². The third-order valence-corrected chi connectivity index (χ3v) is 6.56. The number of hydrogen-bond donors (Lipinski definition) is 2. The van der Waals surface area contributed by atoms with E-state index in [4.69, 9.17) is 4.74 Å². The Kier molecular flexibility index (Phi) is 9.47. The minimum Gasteiger partial charge on any atom is -0.377 e. The highest BCUT2D eigenvalue weighted by atomic mass is 16.5. The minimum absolute atomic E-state index is 0.318. The number of nitrogens with zero attached hydrogens (tertiary/aromatic N) is 3. The first-order valence-corrected chi connectivity index (χ1v) is 12.2. The van der Waals surface area contributed by atoms with Gasteiger partial charge in [0.05, 0.1) is 12.7 Å². The summed E-state index contributed by atoms with van der Waals surface area (Å²) in [4.78, 5) is 9.45. The number of piperidine rings is 2. The van der Waals surface area contributed by atoms with Crippen LogP contribution in [0.5, 0.6) is 0 Å². The van der Waals surface area contributed by atoms with Gasteiger partial charge in [0.15, 0.2) is 5.96 Å². The molecule has 2 saturated heterocycles. The van der Waals surface area contributed by atoms with E-state index in [9.17, 15) is 0 Å². The number of likely N-dealkylation sites (tertiary alicyclic amines) is 1. The third kappa shape index (κ3) is 8.00. The first-order valence-electron chi connectivity index (χ1n) is 12.2. The van der Waals surface area contributed by atoms with Crippen LogP contribution in [0.25, 0.3) is 0 Å². The van der Waals surface area contributed by atoms with Gasteiger partial charge in [-0.05, 0) is 63.1 Å². The highest BCUT2D eigenvalue weighted by Gasteiger charge is 2.20. The summed E-state index contributed by atoms with van der Waals surface area (Å²) < 4.78 is 5.68. The molecular weight excluding hydrogens is 386 g/mol. The summed E-state index contributed by atoms with van der Waals surface area (Å²) in [5, 5.41) is 7.10. The smallest absolute Gasteiger partial charge is 0.191 e. The van der Waals surface area contributed by atoms with Crippen molar-refractivity contribution in [1.29, 1.82) is 0 Å². The number of benzene rings is 1. The molecule has 0 bridgehead atoms. The molecule has 0 aromatic heterocycles. The quantitative estimate of drug-likeness (QED) is 0.489. The molecule has 6 nitrogen and oxygen atoms in total. The summed E-state index contributed by atoms with van der Waals surface area (Å²) in [6.07, 6.45) is 5.21. The van der Waals surface area contributed by atoms with E-state index < -0.39 is 0 Å². The monoisotopic (exact) mass is 429 g/mol. The highest BCUT2D eigenvalue weighted by Crippen LogP contribution is 2.23. The molecule has 0 radical (unpaired) electrons. The average Bonchev–Trinajstić information content (AvgIpc) is 2.78. The molecule has 0 amide bonds. The highest BCUT2D eigenvalue weighted by molar-refractivity contribution is 5.80. The predicted molar refractivity (Wildman–Crippen MR) is 131 cm³/mol. The number of nitrogens with one attached hydrogen (secondary N) is 2. The van der Waals surface area contributed by atoms with Crippen LogP contribution in [-0.4, -0.2) is 69.4 Å². The van der Waals surface area contributed by atoms with Crippen molar-refractivity contribution in [2.45, 2.75) is 65.1 Å². The Labute approximate surface area is 189 Å². The molecule has 6 heteroatoms. The molecular formula is C25H43N5O. The van der Waals surface area contributed by atoms with Crippen molar-refractivity contribution in [3.63, 3.8) is 0 Å². The number of ether oxygens (including phenoxy) is 1. The summed E-state index contributed by atoms with van der Waals surface area (Å²) >= 11 is 0. The zero-order chi connectivity index (χ0) is 22.1. The Morgan fingerprint density at radius 1 is 1.06 bits per heavy atom. The molecule has 0 atom stereocenters. The molecule has 31 heavy (non-hydrogen) atoms. The van der Waals surface area contributed by atoms with Crippen LogP contribution in [0.15, 0.2) is 29.3 Å². The molecule has 1 aromatic rings. The summed E-state index contributed by atoms with van der Waals surface area (Å²) in [7, 11) is 1.86. The summed E-state index contributed by atoms with van der Waals surface area (Å²) in [6, 6.07) is 9.50. The van der Waals surface area contributed by atoms with E-state index >= 15 is 0 Å². The molecule has 2 fully saturated rings. The summed E-state index contributed by atoms with van der Waals surface area (Å²) in [6.45, 7) is 13.8. The third-order valence-electron chi connectivity index (χ3n) is 6.56. The first kappa shape index (κ1) is 23.9. The molecule has 1 aromatic carbocycles. The van der Waals surface area contributed by atoms with Crippen LogP contribution in [0.2, 0.25) is 0 Å². The second-order valence-corrected chi connectivity index (χ2v) is 9.44. The molecule has 2 N–H and O–H groups in total. The Bertz CT molecular complexity index is 659. The van der Waals surface area contributed by atoms with Gasteiger partial charge in [0.1, 0.15) is 0 Å². The van der Waals surface area contributed by atoms with Crippen LogP contribution in [-0.2, 0) is 11.3 Å². The van der Waals surface area contributed by atoms with Gasteiger partial charge in [-0.1, -0.05) is 19.1 Å². The van der Waals surface area contributed by atoms with E-state index in [1.807, 2.05) is 7.05 Å². The van der Waals surface area contributed by atoms with Gasteiger partial charge in [-0.25, -0.2) is 0 Å². The summed E-state index contributed by atoms with van der Waals surface area (Å²) in [5.41, 5.74) is 2.64. The second kappa shape index (κ2) is 12.3. The van der Waals surface area contributed by atoms with E-state index in [0.717, 1.165) is 57.5 Å². The van der Waals surface area contributed by atoms with Gasteiger partial charge in [0, 0.05) is 58.0 Å². The van der Waals surface area contributed by atoms with Crippen molar-refractivity contribution in [2.24, 2.45) is 10.9 Å². The SMILES string of the molecule is CN=C(NCc1ccc(N2CCC(C)CC2)cc1)NC1CCN(CCOC(C)C)CC1. The molecule has 0 saturated carbocycles. The number of anilines is 1. The van der Waals surface area contributed by atoms with E-state index in [1.54, 1.807) is 0 Å². The Morgan fingerprint density at radius 2 is 1.74 bits per heavy atom.